The maximum Gasteiger partial charge on any atom is 0.237 e. The summed E-state index contributed by atoms with van der Waals surface area (Å²) in [4.78, 5) is 14.4. The third-order valence-electron chi connectivity index (χ3n) is 5.53. The number of nitrogens with one attached hydrogen (secondary N) is 1. The molecule has 0 bridgehead atoms. The number of nitrogens with zero attached hydrogens (tertiary/aromatic N) is 2. The average Bonchev–Trinajstić information content (AvgIpc) is 3.24. The predicted octanol–water partition coefficient (Wildman–Crippen LogP) is 2.48. The molecular formula is C22H25FN4O. The Bertz CT molecular complexity index is 999. The van der Waals surface area contributed by atoms with Crippen molar-refractivity contribution >= 4 is 16.8 Å². The van der Waals surface area contributed by atoms with Crippen molar-refractivity contribution in [2.24, 2.45) is 5.73 Å². The number of carbonyl (C=O) groups excluding carboxylic acids is 1. The number of likely N-dealkylation sites (N-methyl/N-ethyl adjacent to an activating group) is 1. The molecule has 4 rings (SSSR count). The predicted molar refractivity (Wildman–Crippen MR) is 108 cm³/mol. The highest BCUT2D eigenvalue weighted by molar-refractivity contribution is 5.84. The number of halogens is 1. The molecule has 3 N–H and O–H groups in total. The summed E-state index contributed by atoms with van der Waals surface area (Å²) < 4.78 is 16.2. The van der Waals surface area contributed by atoms with Gasteiger partial charge < -0.3 is 15.6 Å². The molecule has 0 saturated carbocycles. The summed E-state index contributed by atoms with van der Waals surface area (Å²) in [5.41, 5.74) is 8.96. The third kappa shape index (κ3) is 3.53. The van der Waals surface area contributed by atoms with Gasteiger partial charge in [-0.2, -0.15) is 0 Å². The first-order chi connectivity index (χ1) is 13.6. The number of likely N-dealkylation sites (tertiary alicyclic amines) is 1. The van der Waals surface area contributed by atoms with Gasteiger partial charge in [-0.05, 0) is 24.1 Å². The average molecular weight is 380 g/mol. The number of benzene rings is 2. The van der Waals surface area contributed by atoms with Gasteiger partial charge in [0.15, 0.2) is 0 Å². The Morgan fingerprint density at radius 2 is 1.89 bits per heavy atom. The van der Waals surface area contributed by atoms with Crippen LogP contribution >= 0.6 is 0 Å². The van der Waals surface area contributed by atoms with Crippen LogP contribution in [0.4, 0.5) is 4.39 Å². The molecule has 2 heterocycles. The van der Waals surface area contributed by atoms with Crippen LogP contribution in [0.2, 0.25) is 0 Å². The summed E-state index contributed by atoms with van der Waals surface area (Å²) in [5, 5.41) is 3.86. The van der Waals surface area contributed by atoms with Crippen molar-refractivity contribution in [2.75, 3.05) is 13.6 Å². The lowest BCUT2D eigenvalue weighted by Crippen LogP contribution is -2.41. The second-order valence-electron chi connectivity index (χ2n) is 7.45. The van der Waals surface area contributed by atoms with Crippen LogP contribution in [0.1, 0.15) is 17.5 Å². The Hall–Kier alpha value is -2.70. The van der Waals surface area contributed by atoms with Crippen molar-refractivity contribution in [1.29, 1.82) is 0 Å². The van der Waals surface area contributed by atoms with Crippen molar-refractivity contribution in [3.63, 3.8) is 0 Å². The van der Waals surface area contributed by atoms with Gasteiger partial charge >= 0.3 is 0 Å². The molecule has 0 spiro atoms. The zero-order valence-corrected chi connectivity index (χ0v) is 15.9. The molecule has 5 nitrogen and oxygen atoms in total. The van der Waals surface area contributed by atoms with Gasteiger partial charge in [0.05, 0.1) is 12.6 Å². The number of nitrogens with two attached hydrogens (primary N) is 1. The van der Waals surface area contributed by atoms with E-state index in [1.807, 2.05) is 30.3 Å². The highest BCUT2D eigenvalue weighted by Gasteiger charge is 2.35. The van der Waals surface area contributed by atoms with Gasteiger partial charge in [0.2, 0.25) is 5.91 Å². The van der Waals surface area contributed by atoms with E-state index < -0.39 is 0 Å². The van der Waals surface area contributed by atoms with Crippen LogP contribution in [0, 0.1) is 5.82 Å². The molecule has 28 heavy (non-hydrogen) atoms. The molecule has 1 amide bonds. The molecule has 1 aliphatic heterocycles. The molecule has 1 fully saturated rings. The number of aromatic nitrogens is 1. The minimum absolute atomic E-state index is 0.00282. The fraction of sp³-hybridized carbons (Fsp3) is 0.318. The van der Waals surface area contributed by atoms with Gasteiger partial charge in [0.1, 0.15) is 5.82 Å². The SMILES string of the molecule is CNC(=O)[C@@H]1C[C@H](N)CN1Cc1cn(Cc2ccccc2F)c2ccccc12. The molecule has 2 atom stereocenters. The molecule has 146 valence electrons. The van der Waals surface area contributed by atoms with E-state index in [0.717, 1.165) is 16.5 Å². The lowest BCUT2D eigenvalue weighted by molar-refractivity contribution is -0.125. The maximum absolute atomic E-state index is 14.2. The number of fused-ring (bicyclic) bond motifs is 1. The molecule has 3 aromatic rings. The van der Waals surface area contributed by atoms with E-state index >= 15 is 0 Å². The summed E-state index contributed by atoms with van der Waals surface area (Å²) in [6, 6.07) is 14.8. The normalized spacial score (nSPS) is 20.0. The first kappa shape index (κ1) is 18.7. The summed E-state index contributed by atoms with van der Waals surface area (Å²) in [5.74, 6) is -0.199. The van der Waals surface area contributed by atoms with Crippen LogP contribution < -0.4 is 11.1 Å². The zero-order valence-electron chi connectivity index (χ0n) is 15.9. The van der Waals surface area contributed by atoms with E-state index in [2.05, 4.69) is 27.0 Å². The van der Waals surface area contributed by atoms with Crippen LogP contribution in [-0.2, 0) is 17.9 Å². The quantitative estimate of drug-likeness (QED) is 0.715. The molecule has 0 unspecified atom stereocenters. The summed E-state index contributed by atoms with van der Waals surface area (Å²) in [6.45, 7) is 1.78. The van der Waals surface area contributed by atoms with Gasteiger partial charge in [-0.15, -0.1) is 0 Å². The zero-order chi connectivity index (χ0) is 19.7. The number of hydrogen-bond acceptors (Lipinski definition) is 3. The van der Waals surface area contributed by atoms with Crippen molar-refractivity contribution in [3.8, 4) is 0 Å². The molecule has 0 aliphatic carbocycles. The Morgan fingerprint density at radius 3 is 2.68 bits per heavy atom. The second-order valence-corrected chi connectivity index (χ2v) is 7.45. The number of para-hydroxylation sites is 1. The third-order valence-corrected chi connectivity index (χ3v) is 5.53. The lowest BCUT2D eigenvalue weighted by Gasteiger charge is -2.22. The standard InChI is InChI=1S/C22H25FN4O/c1-25-22(28)21-10-17(24)14-27(21)13-16-12-26(20-9-5-3-7-18(16)20)11-15-6-2-4-8-19(15)23/h2-9,12,17,21H,10-11,13-14,24H2,1H3,(H,25,28)/t17-,21-/m0/s1. The highest BCUT2D eigenvalue weighted by Crippen LogP contribution is 2.27. The van der Waals surface area contributed by atoms with E-state index in [0.29, 0.717) is 31.6 Å². The van der Waals surface area contributed by atoms with E-state index in [1.54, 1.807) is 13.1 Å². The minimum atomic E-state index is -0.214. The molecule has 1 aliphatic rings. The molecule has 1 saturated heterocycles. The molecule has 6 heteroatoms. The van der Waals surface area contributed by atoms with Crippen molar-refractivity contribution in [2.45, 2.75) is 31.6 Å². The van der Waals surface area contributed by atoms with Gasteiger partial charge in [-0.1, -0.05) is 36.4 Å². The number of rotatable bonds is 5. The fourth-order valence-corrected chi connectivity index (χ4v) is 4.16. The molecule has 0 radical (unpaired) electrons. The monoisotopic (exact) mass is 380 g/mol. The summed E-state index contributed by atoms with van der Waals surface area (Å²) >= 11 is 0. The highest BCUT2D eigenvalue weighted by atomic mass is 19.1. The Kier molecular flexibility index (Phi) is 5.15. The van der Waals surface area contributed by atoms with Gasteiger partial charge in [-0.25, -0.2) is 4.39 Å². The number of hydrogen-bond donors (Lipinski definition) is 2. The Morgan fingerprint density at radius 1 is 1.14 bits per heavy atom. The topological polar surface area (TPSA) is 63.3 Å². The van der Waals surface area contributed by atoms with Crippen LogP contribution in [0.25, 0.3) is 10.9 Å². The smallest absolute Gasteiger partial charge is 0.237 e. The largest absolute Gasteiger partial charge is 0.358 e. The van der Waals surface area contributed by atoms with Crippen LogP contribution in [0.15, 0.2) is 54.7 Å². The van der Waals surface area contributed by atoms with Crippen LogP contribution in [0.3, 0.4) is 0 Å². The molecular weight excluding hydrogens is 355 g/mol. The van der Waals surface area contributed by atoms with E-state index in [1.165, 1.54) is 6.07 Å². The Labute approximate surface area is 163 Å². The van der Waals surface area contributed by atoms with Crippen molar-refractivity contribution in [3.05, 3.63) is 71.7 Å². The fourth-order valence-electron chi connectivity index (χ4n) is 4.16. The molecule has 1 aromatic heterocycles. The van der Waals surface area contributed by atoms with Crippen LogP contribution in [-0.4, -0.2) is 41.1 Å². The Balaban J connectivity index is 1.66. The van der Waals surface area contributed by atoms with Crippen LogP contribution in [0.5, 0.6) is 0 Å². The summed E-state index contributed by atoms with van der Waals surface area (Å²) in [6.07, 6.45) is 2.73. The first-order valence-corrected chi connectivity index (χ1v) is 9.58. The van der Waals surface area contributed by atoms with Crippen molar-refractivity contribution < 1.29 is 9.18 Å². The maximum atomic E-state index is 14.2. The van der Waals surface area contributed by atoms with Crippen molar-refractivity contribution in [1.82, 2.24) is 14.8 Å². The summed E-state index contributed by atoms with van der Waals surface area (Å²) in [7, 11) is 1.66. The molecule has 2 aromatic carbocycles. The first-order valence-electron chi connectivity index (χ1n) is 9.58. The van der Waals surface area contributed by atoms with Gasteiger partial charge in [-0.3, -0.25) is 9.69 Å². The van der Waals surface area contributed by atoms with E-state index in [9.17, 15) is 9.18 Å². The van der Waals surface area contributed by atoms with E-state index in [4.69, 9.17) is 5.73 Å². The lowest BCUT2D eigenvalue weighted by atomic mass is 10.1. The van der Waals surface area contributed by atoms with E-state index in [-0.39, 0.29) is 23.8 Å². The number of amides is 1. The minimum Gasteiger partial charge on any atom is -0.358 e. The second kappa shape index (κ2) is 7.73. The van der Waals surface area contributed by atoms with Gasteiger partial charge in [0.25, 0.3) is 0 Å². The number of carbonyl (C=O) groups is 1. The van der Waals surface area contributed by atoms with Gasteiger partial charge in [0, 0.05) is 48.8 Å².